The lowest BCUT2D eigenvalue weighted by molar-refractivity contribution is 0.144. The summed E-state index contributed by atoms with van der Waals surface area (Å²) in [6.07, 6.45) is 4.17. The molecular formula is C30H39N5O7S. The lowest BCUT2D eigenvalue weighted by Crippen LogP contribution is -2.17. The maximum atomic E-state index is 13.5. The maximum absolute atomic E-state index is 13.5. The van der Waals surface area contributed by atoms with Crippen LogP contribution < -0.4 is 24.5 Å². The van der Waals surface area contributed by atoms with Crippen molar-refractivity contribution in [1.29, 1.82) is 0 Å². The second kappa shape index (κ2) is 13.5. The third-order valence-electron chi connectivity index (χ3n) is 7.20. The Balaban J connectivity index is 0.00000423. The molecule has 2 aromatic carbocycles. The van der Waals surface area contributed by atoms with Crippen LogP contribution in [0.4, 0.5) is 5.69 Å². The number of hydrogen-bond donors (Lipinski definition) is 2. The number of H-pyrrole nitrogens is 1. The number of ether oxygens (including phenoxy) is 4. The Bertz CT molecular complexity index is 1740. The third kappa shape index (κ3) is 6.62. The number of benzene rings is 2. The van der Waals surface area contributed by atoms with E-state index in [2.05, 4.69) is 14.7 Å². The minimum Gasteiger partial charge on any atom is -0.493 e. The van der Waals surface area contributed by atoms with Crippen LogP contribution in [0.15, 0.2) is 46.1 Å². The van der Waals surface area contributed by atoms with Gasteiger partial charge in [-0.15, -0.1) is 5.10 Å². The molecule has 0 aliphatic heterocycles. The first-order chi connectivity index (χ1) is 20.2. The van der Waals surface area contributed by atoms with Gasteiger partial charge in [0.05, 0.1) is 42.2 Å². The van der Waals surface area contributed by atoms with E-state index in [1.165, 1.54) is 19.2 Å². The molecule has 0 saturated heterocycles. The molecule has 2 N–H and O–H groups in total. The fourth-order valence-corrected chi connectivity index (χ4v) is 6.28. The summed E-state index contributed by atoms with van der Waals surface area (Å²) in [7, 11) is -1.01. The Labute approximate surface area is 251 Å². The van der Waals surface area contributed by atoms with E-state index in [1.54, 1.807) is 42.8 Å². The van der Waals surface area contributed by atoms with Crippen LogP contribution in [-0.4, -0.2) is 62.0 Å². The molecule has 0 atom stereocenters. The van der Waals surface area contributed by atoms with E-state index in [1.807, 2.05) is 6.92 Å². The average molecular weight is 614 g/mol. The van der Waals surface area contributed by atoms with E-state index < -0.39 is 10.0 Å². The Morgan fingerprint density at radius 1 is 1.02 bits per heavy atom. The number of aromatic nitrogens is 4. The zero-order valence-corrected chi connectivity index (χ0v) is 24.9. The minimum absolute atomic E-state index is 0. The summed E-state index contributed by atoms with van der Waals surface area (Å²) in [5.41, 5.74) is 1.24. The van der Waals surface area contributed by atoms with Gasteiger partial charge in [-0.25, -0.2) is 17.9 Å². The summed E-state index contributed by atoms with van der Waals surface area (Å²) in [4.78, 5) is 20.7. The second-order valence-corrected chi connectivity index (χ2v) is 11.7. The summed E-state index contributed by atoms with van der Waals surface area (Å²) in [5, 5.41) is 4.75. The van der Waals surface area contributed by atoms with Crippen molar-refractivity contribution in [3.05, 3.63) is 58.3 Å². The monoisotopic (exact) mass is 613 g/mol. The smallest absolute Gasteiger partial charge is 0.277 e. The van der Waals surface area contributed by atoms with Crippen molar-refractivity contribution in [2.75, 3.05) is 38.8 Å². The molecule has 12 nitrogen and oxygen atoms in total. The van der Waals surface area contributed by atoms with Crippen LogP contribution >= 0.6 is 0 Å². The third-order valence-corrected chi connectivity index (χ3v) is 8.58. The molecule has 1 fully saturated rings. The SMILES string of the molecule is C.CCOc1ccc(S(=O)(=O)Nc2ccc(OC)c(OCCOC)c2)cc1-c1nn2c(C3CCCC3)nc(C)c2c(=O)[nH]1. The first-order valence-electron chi connectivity index (χ1n) is 13.8. The van der Waals surface area contributed by atoms with Crippen LogP contribution in [0.1, 0.15) is 57.5 Å². The molecule has 0 bridgehead atoms. The molecule has 0 unspecified atom stereocenters. The Hall–Kier alpha value is -4.10. The van der Waals surface area contributed by atoms with Gasteiger partial charge in [-0.2, -0.15) is 0 Å². The normalized spacial score (nSPS) is 13.6. The van der Waals surface area contributed by atoms with Gasteiger partial charge < -0.3 is 23.9 Å². The summed E-state index contributed by atoms with van der Waals surface area (Å²) in [5.74, 6) is 2.35. The van der Waals surface area contributed by atoms with Gasteiger partial charge in [0.25, 0.3) is 15.6 Å². The Kier molecular flexibility index (Phi) is 9.97. The highest BCUT2D eigenvalue weighted by Crippen LogP contribution is 2.36. The largest absolute Gasteiger partial charge is 0.493 e. The highest BCUT2D eigenvalue weighted by molar-refractivity contribution is 7.92. The van der Waals surface area contributed by atoms with Crippen molar-refractivity contribution in [2.24, 2.45) is 0 Å². The van der Waals surface area contributed by atoms with Gasteiger partial charge in [-0.1, -0.05) is 20.3 Å². The zero-order valence-electron chi connectivity index (χ0n) is 24.1. The number of hydrogen-bond acceptors (Lipinski definition) is 9. The number of fused-ring (bicyclic) bond motifs is 1. The lowest BCUT2D eigenvalue weighted by atomic mass is 10.1. The average Bonchev–Trinajstić information content (AvgIpc) is 3.62. The number of anilines is 1. The predicted octanol–water partition coefficient (Wildman–Crippen LogP) is 4.92. The summed E-state index contributed by atoms with van der Waals surface area (Å²) in [6, 6.07) is 9.17. The van der Waals surface area contributed by atoms with Crippen molar-refractivity contribution in [1.82, 2.24) is 19.6 Å². The highest BCUT2D eigenvalue weighted by atomic mass is 32.2. The molecule has 13 heteroatoms. The number of aromatic amines is 1. The number of imidazole rings is 1. The minimum atomic E-state index is -4.07. The van der Waals surface area contributed by atoms with Gasteiger partial charge in [-0.05, 0) is 57.0 Å². The number of aryl methyl sites for hydroxylation is 1. The van der Waals surface area contributed by atoms with Gasteiger partial charge in [-0.3, -0.25) is 9.52 Å². The molecule has 4 aromatic rings. The summed E-state index contributed by atoms with van der Waals surface area (Å²) >= 11 is 0. The van der Waals surface area contributed by atoms with E-state index in [0.717, 1.165) is 31.5 Å². The molecular weight excluding hydrogens is 574 g/mol. The van der Waals surface area contributed by atoms with E-state index in [4.69, 9.17) is 24.0 Å². The van der Waals surface area contributed by atoms with E-state index >= 15 is 0 Å². The first-order valence-corrected chi connectivity index (χ1v) is 15.3. The Morgan fingerprint density at radius 2 is 1.77 bits per heavy atom. The fraction of sp³-hybridized carbons (Fsp3) is 0.433. The van der Waals surface area contributed by atoms with E-state index in [-0.39, 0.29) is 41.9 Å². The molecule has 2 aromatic heterocycles. The quantitative estimate of drug-likeness (QED) is 0.213. The summed E-state index contributed by atoms with van der Waals surface area (Å²) in [6.45, 7) is 4.57. The van der Waals surface area contributed by atoms with Gasteiger partial charge >= 0.3 is 0 Å². The fourth-order valence-electron chi connectivity index (χ4n) is 5.21. The molecule has 1 saturated carbocycles. The van der Waals surface area contributed by atoms with Crippen LogP contribution in [0.3, 0.4) is 0 Å². The lowest BCUT2D eigenvalue weighted by Gasteiger charge is -2.15. The van der Waals surface area contributed by atoms with Crippen molar-refractivity contribution < 1.29 is 27.4 Å². The number of methoxy groups -OCH3 is 2. The van der Waals surface area contributed by atoms with Crippen LogP contribution in [-0.2, 0) is 14.8 Å². The molecule has 0 amide bonds. The van der Waals surface area contributed by atoms with Crippen LogP contribution in [0, 0.1) is 6.92 Å². The van der Waals surface area contributed by atoms with Crippen LogP contribution in [0.25, 0.3) is 16.9 Å². The van der Waals surface area contributed by atoms with Crippen molar-refractivity contribution in [2.45, 2.75) is 57.8 Å². The van der Waals surface area contributed by atoms with Crippen LogP contribution in [0.5, 0.6) is 17.2 Å². The highest BCUT2D eigenvalue weighted by Gasteiger charge is 2.26. The number of nitrogens with zero attached hydrogens (tertiary/aromatic N) is 3. The molecule has 43 heavy (non-hydrogen) atoms. The van der Waals surface area contributed by atoms with Gasteiger partial charge in [0.1, 0.15) is 18.2 Å². The predicted molar refractivity (Wildman–Crippen MR) is 164 cm³/mol. The molecule has 0 radical (unpaired) electrons. The number of nitrogens with one attached hydrogen (secondary N) is 2. The van der Waals surface area contributed by atoms with Crippen molar-refractivity contribution >= 4 is 21.2 Å². The zero-order chi connectivity index (χ0) is 29.9. The van der Waals surface area contributed by atoms with E-state index in [9.17, 15) is 13.2 Å². The molecule has 2 heterocycles. The molecule has 232 valence electrons. The van der Waals surface area contributed by atoms with Gasteiger partial charge in [0.15, 0.2) is 22.8 Å². The standard InChI is InChI=1S/C29H35N5O7S.CH4/c1-5-40-23-13-11-21(42(36,37)33-20-10-12-24(39-4)25(16-20)41-15-14-38-3)17-22(23)27-31-29(35)26-18(2)30-28(34(26)32-27)19-8-6-7-9-19;/h10-13,16-17,19,33H,5-9,14-15H2,1-4H3,(H,31,32,35);1H4. The summed E-state index contributed by atoms with van der Waals surface area (Å²) < 4.78 is 53.1. The van der Waals surface area contributed by atoms with Crippen molar-refractivity contribution in [3.63, 3.8) is 0 Å². The second-order valence-electron chi connectivity index (χ2n) is 10.0. The molecule has 5 rings (SSSR count). The molecule has 1 aliphatic carbocycles. The molecule has 1 aliphatic rings. The van der Waals surface area contributed by atoms with Gasteiger partial charge in [0.2, 0.25) is 0 Å². The van der Waals surface area contributed by atoms with Crippen molar-refractivity contribution in [3.8, 4) is 28.6 Å². The topological polar surface area (TPSA) is 146 Å². The number of rotatable bonds is 12. The Morgan fingerprint density at radius 3 is 2.47 bits per heavy atom. The maximum Gasteiger partial charge on any atom is 0.277 e. The van der Waals surface area contributed by atoms with Gasteiger partial charge in [0, 0.05) is 19.1 Å². The first kappa shape index (κ1) is 31.8. The van der Waals surface area contributed by atoms with E-state index in [0.29, 0.717) is 47.2 Å². The molecule has 0 spiro atoms. The number of sulfonamides is 1. The van der Waals surface area contributed by atoms with Crippen LogP contribution in [0.2, 0.25) is 0 Å².